The second-order valence-electron chi connectivity index (χ2n) is 9.92. The maximum Gasteiger partial charge on any atom is -0.0149 e. The van der Waals surface area contributed by atoms with Crippen LogP contribution in [0.15, 0.2) is 24.3 Å². The SMILES string of the molecule is CCCCCCCCCCCCCCCCCCCCCCCCCc1[c]cccc1. The molecule has 0 aliphatic carbocycles. The first-order valence-electron chi connectivity index (χ1n) is 14.4. The average Bonchev–Trinajstić information content (AvgIpc) is 2.80. The molecule has 179 valence electrons. The summed E-state index contributed by atoms with van der Waals surface area (Å²) in [6.07, 6.45) is 34.7. The van der Waals surface area contributed by atoms with Crippen LogP contribution in [0.5, 0.6) is 0 Å². The van der Waals surface area contributed by atoms with Crippen LogP contribution >= 0.6 is 0 Å². The molecule has 31 heavy (non-hydrogen) atoms. The second-order valence-corrected chi connectivity index (χ2v) is 9.92. The van der Waals surface area contributed by atoms with E-state index in [9.17, 15) is 0 Å². The number of rotatable bonds is 24. The summed E-state index contributed by atoms with van der Waals surface area (Å²) in [7, 11) is 0. The predicted molar refractivity (Wildman–Crippen MR) is 141 cm³/mol. The van der Waals surface area contributed by atoms with E-state index in [0.29, 0.717) is 0 Å². The van der Waals surface area contributed by atoms with Gasteiger partial charge in [0.25, 0.3) is 0 Å². The predicted octanol–water partition coefficient (Wildman–Crippen LogP) is 11.0. The third-order valence-electron chi connectivity index (χ3n) is 6.82. The molecule has 0 heteroatoms. The van der Waals surface area contributed by atoms with Crippen molar-refractivity contribution >= 4 is 0 Å². The fourth-order valence-electron chi connectivity index (χ4n) is 4.69. The fraction of sp³-hybridized carbons (Fsp3) is 0.806. The molecular formula is C31H55. The Morgan fingerprint density at radius 2 is 0.806 bits per heavy atom. The largest absolute Gasteiger partial charge is 0.0654 e. The van der Waals surface area contributed by atoms with Gasteiger partial charge in [-0.1, -0.05) is 172 Å². The van der Waals surface area contributed by atoms with Crippen molar-refractivity contribution < 1.29 is 0 Å². The smallest absolute Gasteiger partial charge is 0.0149 e. The van der Waals surface area contributed by atoms with Crippen LogP contribution in [0.1, 0.15) is 160 Å². The third-order valence-corrected chi connectivity index (χ3v) is 6.82. The van der Waals surface area contributed by atoms with Crippen molar-refractivity contribution in [3.63, 3.8) is 0 Å². The monoisotopic (exact) mass is 427 g/mol. The number of aryl methyl sites for hydroxylation is 1. The molecule has 0 nitrogen and oxygen atoms in total. The van der Waals surface area contributed by atoms with Crippen molar-refractivity contribution in [2.45, 2.75) is 161 Å². The van der Waals surface area contributed by atoms with Gasteiger partial charge < -0.3 is 0 Å². The molecule has 0 aliphatic rings. The number of unbranched alkanes of at least 4 members (excludes halogenated alkanes) is 22. The molecule has 0 aromatic heterocycles. The van der Waals surface area contributed by atoms with E-state index in [1.807, 2.05) is 6.07 Å². The molecule has 0 atom stereocenters. The summed E-state index contributed by atoms with van der Waals surface area (Å²) in [6.45, 7) is 2.30. The van der Waals surface area contributed by atoms with Gasteiger partial charge in [-0.3, -0.25) is 0 Å². The van der Waals surface area contributed by atoms with Gasteiger partial charge in [0, 0.05) is 0 Å². The number of benzene rings is 1. The van der Waals surface area contributed by atoms with Crippen molar-refractivity contribution in [1.29, 1.82) is 0 Å². The summed E-state index contributed by atoms with van der Waals surface area (Å²) < 4.78 is 0. The minimum Gasteiger partial charge on any atom is -0.0654 e. The summed E-state index contributed by atoms with van der Waals surface area (Å²) >= 11 is 0. The lowest BCUT2D eigenvalue weighted by atomic mass is 10.0. The molecule has 0 aliphatic heterocycles. The molecule has 0 unspecified atom stereocenters. The van der Waals surface area contributed by atoms with E-state index in [-0.39, 0.29) is 0 Å². The molecule has 0 amide bonds. The normalized spacial score (nSPS) is 11.3. The molecule has 0 heterocycles. The highest BCUT2D eigenvalue weighted by atomic mass is 14.0. The van der Waals surface area contributed by atoms with Gasteiger partial charge in [0.2, 0.25) is 0 Å². The second kappa shape index (κ2) is 23.9. The Hall–Kier alpha value is -0.780. The zero-order chi connectivity index (χ0) is 22.1. The van der Waals surface area contributed by atoms with E-state index in [2.05, 4.69) is 31.2 Å². The Labute approximate surface area is 197 Å². The lowest BCUT2D eigenvalue weighted by Gasteiger charge is -2.04. The van der Waals surface area contributed by atoms with Gasteiger partial charge in [-0.05, 0) is 24.5 Å². The quantitative estimate of drug-likeness (QED) is 0.144. The zero-order valence-electron chi connectivity index (χ0n) is 21.3. The minimum absolute atomic E-state index is 1.21. The van der Waals surface area contributed by atoms with E-state index < -0.39 is 0 Å². The number of hydrogen-bond acceptors (Lipinski definition) is 0. The van der Waals surface area contributed by atoms with Gasteiger partial charge in [-0.2, -0.15) is 0 Å². The Balaban J connectivity index is 1.65. The zero-order valence-corrected chi connectivity index (χ0v) is 21.3. The van der Waals surface area contributed by atoms with Crippen molar-refractivity contribution in [2.24, 2.45) is 0 Å². The van der Waals surface area contributed by atoms with Crippen molar-refractivity contribution in [2.75, 3.05) is 0 Å². The fourth-order valence-corrected chi connectivity index (χ4v) is 4.69. The van der Waals surface area contributed by atoms with Gasteiger partial charge in [-0.15, -0.1) is 0 Å². The van der Waals surface area contributed by atoms with Crippen molar-refractivity contribution in [3.8, 4) is 0 Å². The molecular weight excluding hydrogens is 372 g/mol. The highest BCUT2D eigenvalue weighted by Crippen LogP contribution is 2.15. The summed E-state index contributed by atoms with van der Waals surface area (Å²) in [5.41, 5.74) is 1.38. The first kappa shape index (κ1) is 28.3. The van der Waals surface area contributed by atoms with Crippen LogP contribution in [0.25, 0.3) is 0 Å². The maximum atomic E-state index is 3.33. The maximum absolute atomic E-state index is 3.33. The van der Waals surface area contributed by atoms with E-state index in [4.69, 9.17) is 0 Å². The summed E-state index contributed by atoms with van der Waals surface area (Å²) in [4.78, 5) is 0. The molecule has 0 spiro atoms. The highest BCUT2D eigenvalue weighted by molar-refractivity contribution is 5.12. The van der Waals surface area contributed by atoms with Gasteiger partial charge in [-0.25, -0.2) is 0 Å². The van der Waals surface area contributed by atoms with Crippen LogP contribution in [-0.2, 0) is 6.42 Å². The summed E-state index contributed by atoms with van der Waals surface area (Å²) in [6, 6.07) is 11.8. The van der Waals surface area contributed by atoms with E-state index in [0.717, 1.165) is 0 Å². The standard InChI is InChI=1S/C31H55/c1-2-3-4-5-6-7-8-9-10-11-12-13-14-15-16-17-18-19-20-21-22-23-25-28-31-29-26-24-27-30-31/h24,26-27,29H,2-23,25,28H2,1H3. The molecule has 0 N–H and O–H groups in total. The third kappa shape index (κ3) is 20.9. The van der Waals surface area contributed by atoms with E-state index >= 15 is 0 Å². The Kier molecular flexibility index (Phi) is 21.8. The molecule has 0 saturated carbocycles. The first-order chi connectivity index (χ1) is 15.4. The first-order valence-corrected chi connectivity index (χ1v) is 14.4. The molecule has 1 radical (unpaired) electrons. The van der Waals surface area contributed by atoms with Crippen LogP contribution in [-0.4, -0.2) is 0 Å². The van der Waals surface area contributed by atoms with Crippen molar-refractivity contribution in [1.82, 2.24) is 0 Å². The molecule has 1 aromatic carbocycles. The van der Waals surface area contributed by atoms with Crippen molar-refractivity contribution in [3.05, 3.63) is 35.9 Å². The topological polar surface area (TPSA) is 0 Å². The van der Waals surface area contributed by atoms with Gasteiger partial charge >= 0.3 is 0 Å². The highest BCUT2D eigenvalue weighted by Gasteiger charge is 1.96. The Morgan fingerprint density at radius 3 is 1.13 bits per heavy atom. The minimum atomic E-state index is 1.21. The Bertz CT molecular complexity index is 435. The van der Waals surface area contributed by atoms with Crippen LogP contribution in [0, 0.1) is 6.07 Å². The van der Waals surface area contributed by atoms with Crippen LogP contribution in [0.3, 0.4) is 0 Å². The summed E-state index contributed by atoms with van der Waals surface area (Å²) in [5, 5.41) is 0. The molecule has 1 aromatic rings. The van der Waals surface area contributed by atoms with Gasteiger partial charge in [0.15, 0.2) is 0 Å². The average molecular weight is 428 g/mol. The van der Waals surface area contributed by atoms with E-state index in [1.165, 1.54) is 160 Å². The molecule has 0 bridgehead atoms. The molecule has 0 fully saturated rings. The molecule has 0 saturated heterocycles. The molecule has 1 rings (SSSR count). The lowest BCUT2D eigenvalue weighted by molar-refractivity contribution is 0.518. The lowest BCUT2D eigenvalue weighted by Crippen LogP contribution is -1.86. The summed E-state index contributed by atoms with van der Waals surface area (Å²) in [5.74, 6) is 0. The van der Waals surface area contributed by atoms with Crippen LogP contribution in [0.4, 0.5) is 0 Å². The van der Waals surface area contributed by atoms with Crippen LogP contribution in [0.2, 0.25) is 0 Å². The van der Waals surface area contributed by atoms with E-state index in [1.54, 1.807) is 0 Å². The Morgan fingerprint density at radius 1 is 0.452 bits per heavy atom. The van der Waals surface area contributed by atoms with Crippen LogP contribution < -0.4 is 0 Å². The van der Waals surface area contributed by atoms with Gasteiger partial charge in [0.1, 0.15) is 0 Å². The van der Waals surface area contributed by atoms with Gasteiger partial charge in [0.05, 0.1) is 0 Å². The number of hydrogen-bond donors (Lipinski definition) is 0.